The Hall–Kier alpha value is -1.30. The Bertz CT molecular complexity index is 424. The van der Waals surface area contributed by atoms with Crippen LogP contribution in [-0.2, 0) is 4.79 Å². The van der Waals surface area contributed by atoms with E-state index in [4.69, 9.17) is 9.52 Å². The number of carboxylic acids is 1. The predicted octanol–water partition coefficient (Wildman–Crippen LogP) is 1.64. The van der Waals surface area contributed by atoms with Gasteiger partial charge >= 0.3 is 5.97 Å². The molecule has 0 saturated heterocycles. The average Bonchev–Trinajstić information content (AvgIpc) is 2.96. The van der Waals surface area contributed by atoms with Gasteiger partial charge in [0.2, 0.25) is 0 Å². The third-order valence-electron chi connectivity index (χ3n) is 2.44. The maximum Gasteiger partial charge on any atom is 0.326 e. The highest BCUT2D eigenvalue weighted by Gasteiger charge is 2.37. The van der Waals surface area contributed by atoms with Crippen LogP contribution in [0.2, 0.25) is 0 Å². The molecule has 0 aromatic carbocycles. The van der Waals surface area contributed by atoms with Crippen LogP contribution in [0.15, 0.2) is 21.2 Å². The molecule has 0 radical (unpaired) electrons. The number of hydrogen-bond donors (Lipinski definition) is 2. The van der Waals surface area contributed by atoms with E-state index in [-0.39, 0.29) is 11.7 Å². The molecule has 1 aromatic rings. The minimum absolute atomic E-state index is 0.0554. The lowest BCUT2D eigenvalue weighted by Gasteiger charge is -2.11. The van der Waals surface area contributed by atoms with E-state index >= 15 is 0 Å². The minimum atomic E-state index is -0.999. The first-order valence-corrected chi connectivity index (χ1v) is 5.66. The Morgan fingerprint density at radius 3 is 2.62 bits per heavy atom. The lowest BCUT2D eigenvalue weighted by molar-refractivity contribution is -0.139. The molecule has 1 aliphatic rings. The van der Waals surface area contributed by atoms with E-state index in [1.807, 2.05) is 0 Å². The molecular weight excluding hydrogens is 278 g/mol. The molecule has 6 heteroatoms. The molecule has 1 saturated carbocycles. The number of carbonyl (C=O) groups excluding carboxylic acids is 1. The smallest absolute Gasteiger partial charge is 0.326 e. The molecule has 1 fully saturated rings. The van der Waals surface area contributed by atoms with E-state index in [0.717, 1.165) is 12.8 Å². The van der Waals surface area contributed by atoms with Gasteiger partial charge in [0.05, 0.1) is 0 Å². The van der Waals surface area contributed by atoms with Gasteiger partial charge in [-0.15, -0.1) is 0 Å². The van der Waals surface area contributed by atoms with Crippen molar-refractivity contribution in [1.82, 2.24) is 5.32 Å². The van der Waals surface area contributed by atoms with E-state index in [9.17, 15) is 9.59 Å². The molecule has 0 spiro atoms. The number of aliphatic carboxylic acids is 1. The summed E-state index contributed by atoms with van der Waals surface area (Å²) >= 11 is 3.07. The van der Waals surface area contributed by atoms with Crippen molar-refractivity contribution in [3.63, 3.8) is 0 Å². The minimum Gasteiger partial charge on any atom is -0.480 e. The van der Waals surface area contributed by atoms with Crippen LogP contribution < -0.4 is 5.32 Å². The van der Waals surface area contributed by atoms with E-state index < -0.39 is 17.9 Å². The van der Waals surface area contributed by atoms with Crippen LogP contribution in [0.5, 0.6) is 0 Å². The summed E-state index contributed by atoms with van der Waals surface area (Å²) in [5.41, 5.74) is 0. The summed E-state index contributed by atoms with van der Waals surface area (Å²) in [6, 6.07) is 2.27. The molecule has 0 bridgehead atoms. The van der Waals surface area contributed by atoms with Crippen LogP contribution in [0.1, 0.15) is 23.4 Å². The Labute approximate surface area is 99.9 Å². The average molecular weight is 288 g/mol. The highest BCUT2D eigenvalue weighted by Crippen LogP contribution is 2.32. The van der Waals surface area contributed by atoms with Crippen LogP contribution in [-0.4, -0.2) is 23.0 Å². The monoisotopic (exact) mass is 287 g/mol. The van der Waals surface area contributed by atoms with E-state index in [0.29, 0.717) is 4.67 Å². The Balaban J connectivity index is 2.02. The molecule has 86 valence electrons. The lowest BCUT2D eigenvalue weighted by Crippen LogP contribution is -2.42. The Morgan fingerprint density at radius 2 is 2.19 bits per heavy atom. The summed E-state index contributed by atoms with van der Waals surface area (Å²) in [5.74, 6) is -1.33. The Morgan fingerprint density at radius 1 is 1.50 bits per heavy atom. The van der Waals surface area contributed by atoms with Gasteiger partial charge in [-0.1, -0.05) is 0 Å². The SMILES string of the molecule is O=C(NC(C(=O)O)C1CC1)c1ccc(Br)o1. The molecule has 1 unspecified atom stereocenters. The summed E-state index contributed by atoms with van der Waals surface area (Å²) in [7, 11) is 0. The van der Waals surface area contributed by atoms with Gasteiger partial charge in [-0.3, -0.25) is 4.79 Å². The van der Waals surface area contributed by atoms with Crippen molar-refractivity contribution >= 4 is 27.8 Å². The number of rotatable bonds is 4. The van der Waals surface area contributed by atoms with Crippen LogP contribution >= 0.6 is 15.9 Å². The van der Waals surface area contributed by atoms with Gasteiger partial charge < -0.3 is 14.8 Å². The first kappa shape index (κ1) is 11.2. The van der Waals surface area contributed by atoms with E-state index in [1.54, 1.807) is 6.07 Å². The van der Waals surface area contributed by atoms with Gasteiger partial charge in [-0.2, -0.15) is 0 Å². The predicted molar refractivity (Wildman–Crippen MR) is 58.0 cm³/mol. The number of amides is 1. The standard InChI is InChI=1S/C10H10BrNO4/c11-7-4-3-6(16-7)9(13)12-8(10(14)15)5-1-2-5/h3-5,8H,1-2H2,(H,12,13)(H,14,15). The first-order chi connectivity index (χ1) is 7.58. The Kier molecular flexibility index (Phi) is 3.00. The second-order valence-electron chi connectivity index (χ2n) is 3.73. The molecule has 1 amide bonds. The summed E-state index contributed by atoms with van der Waals surface area (Å²) in [6.45, 7) is 0. The molecule has 0 aliphatic heterocycles. The second kappa shape index (κ2) is 4.29. The van der Waals surface area contributed by atoms with Gasteiger partial charge in [-0.05, 0) is 46.8 Å². The molecular formula is C10H10BrNO4. The zero-order chi connectivity index (χ0) is 11.7. The fourth-order valence-corrected chi connectivity index (χ4v) is 1.77. The maximum atomic E-state index is 11.6. The molecule has 1 atom stereocenters. The largest absolute Gasteiger partial charge is 0.480 e. The molecule has 2 rings (SSSR count). The highest BCUT2D eigenvalue weighted by molar-refractivity contribution is 9.10. The third-order valence-corrected chi connectivity index (χ3v) is 2.87. The fourth-order valence-electron chi connectivity index (χ4n) is 1.46. The van der Waals surface area contributed by atoms with Gasteiger partial charge in [0, 0.05) is 0 Å². The van der Waals surface area contributed by atoms with Crippen molar-refractivity contribution in [1.29, 1.82) is 0 Å². The first-order valence-electron chi connectivity index (χ1n) is 4.87. The van der Waals surface area contributed by atoms with Crippen molar-refractivity contribution in [3.05, 3.63) is 22.6 Å². The molecule has 1 heterocycles. The fraction of sp³-hybridized carbons (Fsp3) is 0.400. The number of halogens is 1. The van der Waals surface area contributed by atoms with Gasteiger partial charge in [0.25, 0.3) is 5.91 Å². The molecule has 5 nitrogen and oxygen atoms in total. The van der Waals surface area contributed by atoms with Crippen LogP contribution in [0.4, 0.5) is 0 Å². The van der Waals surface area contributed by atoms with Crippen LogP contribution in [0.3, 0.4) is 0 Å². The van der Waals surface area contributed by atoms with Crippen molar-refractivity contribution in [2.45, 2.75) is 18.9 Å². The van der Waals surface area contributed by atoms with Gasteiger partial charge in [0.15, 0.2) is 10.4 Å². The van der Waals surface area contributed by atoms with E-state index in [1.165, 1.54) is 6.07 Å². The highest BCUT2D eigenvalue weighted by atomic mass is 79.9. The van der Waals surface area contributed by atoms with E-state index in [2.05, 4.69) is 21.2 Å². The van der Waals surface area contributed by atoms with Gasteiger partial charge in [0.1, 0.15) is 6.04 Å². The molecule has 1 aliphatic carbocycles. The number of carbonyl (C=O) groups is 2. The second-order valence-corrected chi connectivity index (χ2v) is 4.51. The number of hydrogen-bond acceptors (Lipinski definition) is 3. The number of carboxylic acid groups (broad SMARTS) is 1. The van der Waals surface area contributed by atoms with Crippen LogP contribution in [0, 0.1) is 5.92 Å². The maximum absolute atomic E-state index is 11.6. The summed E-state index contributed by atoms with van der Waals surface area (Å²) in [4.78, 5) is 22.5. The molecule has 2 N–H and O–H groups in total. The third kappa shape index (κ3) is 2.44. The lowest BCUT2D eigenvalue weighted by atomic mass is 10.2. The van der Waals surface area contributed by atoms with Crippen molar-refractivity contribution in [3.8, 4) is 0 Å². The topological polar surface area (TPSA) is 79.5 Å². The van der Waals surface area contributed by atoms with Gasteiger partial charge in [-0.25, -0.2) is 4.79 Å². The quantitative estimate of drug-likeness (QED) is 0.882. The van der Waals surface area contributed by atoms with Crippen molar-refractivity contribution < 1.29 is 19.1 Å². The zero-order valence-electron chi connectivity index (χ0n) is 8.27. The summed E-state index contributed by atoms with van der Waals surface area (Å²) in [5, 5.41) is 11.4. The zero-order valence-corrected chi connectivity index (χ0v) is 9.86. The van der Waals surface area contributed by atoms with Crippen molar-refractivity contribution in [2.24, 2.45) is 5.92 Å². The van der Waals surface area contributed by atoms with Crippen molar-refractivity contribution in [2.75, 3.05) is 0 Å². The molecule has 1 aromatic heterocycles. The van der Waals surface area contributed by atoms with Crippen LogP contribution in [0.25, 0.3) is 0 Å². The number of furan rings is 1. The summed E-state index contributed by atoms with van der Waals surface area (Å²) in [6.07, 6.45) is 1.69. The molecule has 16 heavy (non-hydrogen) atoms. The normalized spacial score (nSPS) is 16.8. The number of nitrogens with one attached hydrogen (secondary N) is 1. The summed E-state index contributed by atoms with van der Waals surface area (Å²) < 4.78 is 5.48.